The number of nitro groups is 1. The first-order chi connectivity index (χ1) is 8.06. The highest BCUT2D eigenvalue weighted by Gasteiger charge is 2.03. The minimum atomic E-state index is -0.391. The van der Waals surface area contributed by atoms with Crippen molar-refractivity contribution in [1.29, 1.82) is 0 Å². The Balaban J connectivity index is 2.49. The smallest absolute Gasteiger partial charge is 0.243 e. The molecule has 2 rings (SSSR count). The van der Waals surface area contributed by atoms with Crippen LogP contribution in [0.15, 0.2) is 36.0 Å². The van der Waals surface area contributed by atoms with Gasteiger partial charge < -0.3 is 0 Å². The second-order valence-corrected chi connectivity index (χ2v) is 3.95. The number of benzene rings is 1. The Kier molecular flexibility index (Phi) is 2.87. The van der Waals surface area contributed by atoms with Crippen molar-refractivity contribution < 1.29 is 4.92 Å². The predicted octanol–water partition coefficient (Wildman–Crippen LogP) is 3.18. The molecule has 2 aromatic rings. The zero-order chi connectivity index (χ0) is 12.4. The van der Waals surface area contributed by atoms with Gasteiger partial charge in [0.25, 0.3) is 0 Å². The van der Waals surface area contributed by atoms with Crippen LogP contribution in [-0.2, 0) is 0 Å². The lowest BCUT2D eigenvalue weighted by Crippen LogP contribution is -1.93. The Hall–Kier alpha value is -2.23. The Morgan fingerprint density at radius 2 is 2.12 bits per heavy atom. The fraction of sp³-hybridized carbons (Fsp3) is 0.154. The summed E-state index contributed by atoms with van der Waals surface area (Å²) in [5, 5.41) is 11.5. The average molecular weight is 228 g/mol. The van der Waals surface area contributed by atoms with Gasteiger partial charge in [0, 0.05) is 24.1 Å². The molecule has 1 aromatic heterocycles. The van der Waals surface area contributed by atoms with Gasteiger partial charge in [-0.25, -0.2) is 0 Å². The molecule has 0 aliphatic rings. The van der Waals surface area contributed by atoms with Crippen molar-refractivity contribution in [2.24, 2.45) is 0 Å². The van der Waals surface area contributed by atoms with Gasteiger partial charge in [0.2, 0.25) is 5.70 Å². The van der Waals surface area contributed by atoms with Crippen LogP contribution in [0.25, 0.3) is 17.0 Å². The van der Waals surface area contributed by atoms with E-state index < -0.39 is 4.92 Å². The van der Waals surface area contributed by atoms with Gasteiger partial charge in [-0.1, -0.05) is 12.1 Å². The zero-order valence-corrected chi connectivity index (χ0v) is 9.68. The van der Waals surface area contributed by atoms with Gasteiger partial charge >= 0.3 is 0 Å². The number of fused-ring (bicyclic) bond motifs is 1. The molecule has 0 saturated heterocycles. The molecule has 0 fully saturated rings. The Bertz CT molecular complexity index is 618. The predicted molar refractivity (Wildman–Crippen MR) is 67.1 cm³/mol. The lowest BCUT2D eigenvalue weighted by molar-refractivity contribution is -0.422. The van der Waals surface area contributed by atoms with Gasteiger partial charge in [-0.2, -0.15) is 0 Å². The number of allylic oxidation sites excluding steroid dienone is 1. The van der Waals surface area contributed by atoms with E-state index in [1.165, 1.54) is 6.92 Å². The first kappa shape index (κ1) is 11.3. The van der Waals surface area contributed by atoms with E-state index in [0.29, 0.717) is 0 Å². The summed E-state index contributed by atoms with van der Waals surface area (Å²) in [4.78, 5) is 14.5. The molecule has 86 valence electrons. The summed E-state index contributed by atoms with van der Waals surface area (Å²) < 4.78 is 0. The van der Waals surface area contributed by atoms with Crippen LogP contribution in [0.1, 0.15) is 18.2 Å². The van der Waals surface area contributed by atoms with E-state index in [9.17, 15) is 10.1 Å². The van der Waals surface area contributed by atoms with Gasteiger partial charge in [-0.15, -0.1) is 0 Å². The topological polar surface area (TPSA) is 56.0 Å². The molecule has 0 atom stereocenters. The van der Waals surface area contributed by atoms with Crippen LogP contribution < -0.4 is 0 Å². The molecule has 1 aromatic carbocycles. The highest BCUT2D eigenvalue weighted by atomic mass is 16.6. The van der Waals surface area contributed by atoms with Crippen molar-refractivity contribution in [1.82, 2.24) is 4.98 Å². The monoisotopic (exact) mass is 228 g/mol. The molecule has 0 saturated carbocycles. The van der Waals surface area contributed by atoms with E-state index in [-0.39, 0.29) is 5.70 Å². The van der Waals surface area contributed by atoms with Gasteiger partial charge in [0.1, 0.15) is 0 Å². The summed E-state index contributed by atoms with van der Waals surface area (Å²) in [6.07, 6.45) is 1.55. The largest absolute Gasteiger partial charge is 0.259 e. The van der Waals surface area contributed by atoms with Crippen LogP contribution in [-0.4, -0.2) is 9.91 Å². The van der Waals surface area contributed by atoms with Crippen LogP contribution in [0.3, 0.4) is 0 Å². The molecule has 0 unspecified atom stereocenters. The Morgan fingerprint density at radius 1 is 1.35 bits per heavy atom. The summed E-state index contributed by atoms with van der Waals surface area (Å²) in [6, 6.07) is 9.50. The third-order valence-corrected chi connectivity index (χ3v) is 2.52. The number of pyridine rings is 1. The van der Waals surface area contributed by atoms with Crippen LogP contribution in [0.5, 0.6) is 0 Å². The van der Waals surface area contributed by atoms with Crippen molar-refractivity contribution in [3.8, 4) is 0 Å². The minimum absolute atomic E-state index is 0.129. The van der Waals surface area contributed by atoms with Crippen LogP contribution in [0.2, 0.25) is 0 Å². The highest BCUT2D eigenvalue weighted by molar-refractivity contribution is 5.81. The third kappa shape index (κ3) is 2.47. The fourth-order valence-corrected chi connectivity index (χ4v) is 1.63. The molecular weight excluding hydrogens is 216 g/mol. The first-order valence-corrected chi connectivity index (χ1v) is 5.26. The molecule has 0 amide bonds. The standard InChI is InChI=1S/C13H12N2O2/c1-9-3-5-12-8-11(4-6-13(12)14-9)7-10(2)15(16)17/h3-8H,1-2H3/b10-7-. The minimum Gasteiger partial charge on any atom is -0.259 e. The van der Waals surface area contributed by atoms with Crippen molar-refractivity contribution in [2.45, 2.75) is 13.8 Å². The Labute approximate surface area is 98.8 Å². The lowest BCUT2D eigenvalue weighted by atomic mass is 10.1. The van der Waals surface area contributed by atoms with E-state index in [2.05, 4.69) is 4.98 Å². The summed E-state index contributed by atoms with van der Waals surface area (Å²) in [5.74, 6) is 0. The maximum absolute atomic E-state index is 10.5. The molecule has 0 bridgehead atoms. The summed E-state index contributed by atoms with van der Waals surface area (Å²) in [7, 11) is 0. The summed E-state index contributed by atoms with van der Waals surface area (Å²) >= 11 is 0. The van der Waals surface area contributed by atoms with Gasteiger partial charge in [0.15, 0.2) is 0 Å². The normalized spacial score (nSPS) is 11.8. The second-order valence-electron chi connectivity index (χ2n) is 3.95. The summed E-state index contributed by atoms with van der Waals surface area (Å²) in [5.41, 5.74) is 2.81. The van der Waals surface area contributed by atoms with Gasteiger partial charge in [-0.3, -0.25) is 15.1 Å². The zero-order valence-electron chi connectivity index (χ0n) is 9.68. The molecular formula is C13H12N2O2. The van der Waals surface area contributed by atoms with Crippen LogP contribution in [0.4, 0.5) is 0 Å². The molecule has 4 heteroatoms. The van der Waals surface area contributed by atoms with E-state index in [1.807, 2.05) is 37.3 Å². The van der Waals surface area contributed by atoms with Crippen LogP contribution in [0, 0.1) is 17.0 Å². The fourth-order valence-electron chi connectivity index (χ4n) is 1.63. The van der Waals surface area contributed by atoms with E-state index in [4.69, 9.17) is 0 Å². The van der Waals surface area contributed by atoms with Crippen molar-refractivity contribution >= 4 is 17.0 Å². The van der Waals surface area contributed by atoms with E-state index in [0.717, 1.165) is 22.2 Å². The number of hydrogen-bond donors (Lipinski definition) is 0. The maximum atomic E-state index is 10.5. The van der Waals surface area contributed by atoms with E-state index in [1.54, 1.807) is 6.08 Å². The lowest BCUT2D eigenvalue weighted by Gasteiger charge is -2.00. The molecule has 0 radical (unpaired) electrons. The quantitative estimate of drug-likeness (QED) is 0.586. The molecule has 0 N–H and O–H groups in total. The van der Waals surface area contributed by atoms with Crippen molar-refractivity contribution in [2.75, 3.05) is 0 Å². The molecule has 1 heterocycles. The molecule has 0 aliphatic heterocycles. The summed E-state index contributed by atoms with van der Waals surface area (Å²) in [6.45, 7) is 3.42. The third-order valence-electron chi connectivity index (χ3n) is 2.52. The van der Waals surface area contributed by atoms with Gasteiger partial charge in [-0.05, 0) is 30.7 Å². The number of rotatable bonds is 2. The van der Waals surface area contributed by atoms with E-state index >= 15 is 0 Å². The number of aromatic nitrogens is 1. The highest BCUT2D eigenvalue weighted by Crippen LogP contribution is 2.16. The maximum Gasteiger partial charge on any atom is 0.243 e. The molecule has 0 aliphatic carbocycles. The van der Waals surface area contributed by atoms with Crippen molar-refractivity contribution in [3.05, 3.63) is 57.4 Å². The molecule has 4 nitrogen and oxygen atoms in total. The number of hydrogen-bond acceptors (Lipinski definition) is 3. The molecule has 0 spiro atoms. The number of aryl methyl sites for hydroxylation is 1. The van der Waals surface area contributed by atoms with Crippen LogP contribution >= 0.6 is 0 Å². The van der Waals surface area contributed by atoms with Gasteiger partial charge in [0.05, 0.1) is 10.4 Å². The second kappa shape index (κ2) is 4.33. The van der Waals surface area contributed by atoms with Crippen molar-refractivity contribution in [3.63, 3.8) is 0 Å². The number of nitrogens with zero attached hydrogens (tertiary/aromatic N) is 2. The SMILES string of the molecule is C/C(=C/c1ccc2nc(C)ccc2c1)[N+](=O)[O-]. The first-order valence-electron chi connectivity index (χ1n) is 5.26. The Morgan fingerprint density at radius 3 is 2.82 bits per heavy atom. The molecule has 17 heavy (non-hydrogen) atoms. The average Bonchev–Trinajstić information content (AvgIpc) is 2.29.